The minimum atomic E-state index is -2.61. The molecule has 0 saturated carbocycles. The van der Waals surface area contributed by atoms with E-state index in [2.05, 4.69) is 35.5 Å². The number of alkyl halides is 3. The van der Waals surface area contributed by atoms with Crippen molar-refractivity contribution in [2.75, 3.05) is 44.0 Å². The zero-order valence-corrected chi connectivity index (χ0v) is 21.7. The Morgan fingerprint density at radius 2 is 2.05 bits per heavy atom. The molecule has 0 spiro atoms. The third kappa shape index (κ3) is 4.27. The summed E-state index contributed by atoms with van der Waals surface area (Å²) in [5, 5.41) is 10.3. The molecule has 15 heteroatoms. The summed E-state index contributed by atoms with van der Waals surface area (Å²) < 4.78 is 64.7. The molecule has 0 aliphatic carbocycles. The number of aromatic nitrogens is 6. The molecular formula is C25H26F4N10O. The number of fused-ring (bicyclic) bond motifs is 2. The van der Waals surface area contributed by atoms with Crippen LogP contribution in [0.15, 0.2) is 18.3 Å². The normalized spacial score (nSPS) is 21.1. The molecule has 11 nitrogen and oxygen atoms in total. The summed E-state index contributed by atoms with van der Waals surface area (Å²) in [6, 6.07) is 2.56. The first-order valence-corrected chi connectivity index (χ1v) is 12.7. The Morgan fingerprint density at radius 3 is 2.70 bits per heavy atom. The summed E-state index contributed by atoms with van der Waals surface area (Å²) >= 11 is 0. The van der Waals surface area contributed by atoms with E-state index in [1.165, 1.54) is 9.08 Å². The highest BCUT2D eigenvalue weighted by Crippen LogP contribution is 2.34. The number of imidazole rings is 1. The highest BCUT2D eigenvalue weighted by molar-refractivity contribution is 5.89. The van der Waals surface area contributed by atoms with Gasteiger partial charge in [-0.25, -0.2) is 43.5 Å². The minimum absolute atomic E-state index is 0.0720. The Kier molecular flexibility index (Phi) is 6.46. The van der Waals surface area contributed by atoms with Gasteiger partial charge in [-0.3, -0.25) is 4.85 Å². The summed E-state index contributed by atoms with van der Waals surface area (Å²) in [5.41, 5.74) is 0.410. The van der Waals surface area contributed by atoms with Crippen molar-refractivity contribution in [3.63, 3.8) is 0 Å². The molecule has 6 heterocycles. The fourth-order valence-electron chi connectivity index (χ4n) is 5.36. The van der Waals surface area contributed by atoms with E-state index in [1.807, 2.05) is 4.90 Å². The van der Waals surface area contributed by atoms with Crippen molar-refractivity contribution in [2.24, 2.45) is 0 Å². The number of pyridine rings is 1. The molecule has 0 aromatic carbocycles. The third-order valence-corrected chi connectivity index (χ3v) is 7.50. The third-order valence-electron chi connectivity index (χ3n) is 7.50. The summed E-state index contributed by atoms with van der Waals surface area (Å²) in [4.78, 5) is 18.7. The molecule has 0 bridgehead atoms. The maximum atomic E-state index is 15.4. The summed E-state index contributed by atoms with van der Waals surface area (Å²) in [6.07, 6.45) is -2.33. The van der Waals surface area contributed by atoms with Crippen molar-refractivity contribution in [1.82, 2.24) is 34.0 Å². The van der Waals surface area contributed by atoms with Crippen LogP contribution in [0.5, 0.6) is 0 Å². The molecule has 0 unspecified atom stereocenters. The maximum absolute atomic E-state index is 15.4. The molecule has 6 rings (SSSR count). The van der Waals surface area contributed by atoms with Gasteiger partial charge in [-0.2, -0.15) is 4.98 Å². The first kappa shape index (κ1) is 26.2. The van der Waals surface area contributed by atoms with Gasteiger partial charge in [0.25, 0.3) is 6.43 Å². The Bertz CT molecular complexity index is 1630. The van der Waals surface area contributed by atoms with Crippen LogP contribution in [0, 0.1) is 19.3 Å². The van der Waals surface area contributed by atoms with E-state index in [1.54, 1.807) is 26.1 Å². The van der Waals surface area contributed by atoms with Crippen LogP contribution in [0.2, 0.25) is 0 Å². The molecule has 0 amide bonds. The van der Waals surface area contributed by atoms with E-state index >= 15 is 8.78 Å². The van der Waals surface area contributed by atoms with Crippen molar-refractivity contribution in [3.05, 3.63) is 41.4 Å². The number of likely N-dealkylation sites (tertiary alicyclic amines) is 1. The van der Waals surface area contributed by atoms with Crippen LogP contribution in [0.1, 0.15) is 12.2 Å². The second kappa shape index (κ2) is 9.86. The first-order valence-electron chi connectivity index (χ1n) is 12.7. The van der Waals surface area contributed by atoms with Crippen LogP contribution < -0.4 is 10.6 Å². The standard InChI is InChI=1S/C25H26F4N10O/c1-13-32-18-5-4-17(33-23(18)38(13)10-19(28)29)20-15(27)9-39-21(20)22(30-2)35-24(36-39)34-16-6-7-37(8-14(16)26)25(31-3)11-40-12-25/h4-5,9,14,16,19H,6-8,10-12H2,1-2H3,(H2,30,34,35,36)/t14-,16+/m1/s1. The Balaban J connectivity index is 1.31. The Morgan fingerprint density at radius 1 is 1.25 bits per heavy atom. The number of aryl methyl sites for hydroxylation is 1. The Labute approximate surface area is 226 Å². The van der Waals surface area contributed by atoms with Gasteiger partial charge in [-0.1, -0.05) is 0 Å². The molecule has 2 fully saturated rings. The largest absolute Gasteiger partial charge is 0.371 e. The number of halogens is 4. The van der Waals surface area contributed by atoms with Crippen LogP contribution in [-0.4, -0.2) is 91.7 Å². The van der Waals surface area contributed by atoms with E-state index in [-0.39, 0.29) is 53.9 Å². The molecule has 2 saturated heterocycles. The van der Waals surface area contributed by atoms with Gasteiger partial charge < -0.3 is 19.9 Å². The van der Waals surface area contributed by atoms with E-state index in [0.717, 1.165) is 6.20 Å². The van der Waals surface area contributed by atoms with Crippen LogP contribution in [0.4, 0.5) is 29.3 Å². The molecule has 210 valence electrons. The van der Waals surface area contributed by atoms with E-state index in [0.29, 0.717) is 24.3 Å². The lowest BCUT2D eigenvalue weighted by Crippen LogP contribution is -2.64. The van der Waals surface area contributed by atoms with Gasteiger partial charge in [0.1, 0.15) is 36.2 Å². The number of piperidine rings is 1. The minimum Gasteiger partial charge on any atom is -0.371 e. The van der Waals surface area contributed by atoms with Gasteiger partial charge in [-0.15, -0.1) is 5.10 Å². The van der Waals surface area contributed by atoms with Gasteiger partial charge in [0.15, 0.2) is 17.3 Å². The predicted molar refractivity (Wildman–Crippen MR) is 138 cm³/mol. The molecule has 4 aromatic rings. The number of anilines is 2. The topological polar surface area (TPSA) is 102 Å². The second-order valence-corrected chi connectivity index (χ2v) is 9.97. The lowest BCUT2D eigenvalue weighted by Gasteiger charge is -2.43. The predicted octanol–water partition coefficient (Wildman–Crippen LogP) is 3.37. The lowest BCUT2D eigenvalue weighted by atomic mass is 9.97. The number of hydrogen-bond donors (Lipinski definition) is 2. The zero-order chi connectivity index (χ0) is 28.2. The number of nitrogens with zero attached hydrogens (tertiary/aromatic N) is 8. The average Bonchev–Trinajstić information content (AvgIpc) is 3.39. The van der Waals surface area contributed by atoms with Crippen molar-refractivity contribution >= 4 is 28.4 Å². The Hall–Kier alpha value is -4.03. The molecule has 2 N–H and O–H groups in total. The highest BCUT2D eigenvalue weighted by Gasteiger charge is 2.53. The van der Waals surface area contributed by atoms with Gasteiger partial charge >= 0.3 is 5.66 Å². The van der Waals surface area contributed by atoms with E-state index < -0.39 is 36.7 Å². The highest BCUT2D eigenvalue weighted by atomic mass is 19.3. The molecule has 40 heavy (non-hydrogen) atoms. The molecule has 0 radical (unpaired) electrons. The van der Waals surface area contributed by atoms with Crippen LogP contribution in [0.25, 0.3) is 32.8 Å². The molecular weight excluding hydrogens is 532 g/mol. The number of nitrogens with one attached hydrogen (secondary N) is 2. The van der Waals surface area contributed by atoms with Crippen LogP contribution in [-0.2, 0) is 11.3 Å². The van der Waals surface area contributed by atoms with Crippen LogP contribution >= 0.6 is 0 Å². The fourth-order valence-corrected chi connectivity index (χ4v) is 5.36. The lowest BCUT2D eigenvalue weighted by molar-refractivity contribution is -0.127. The maximum Gasteiger partial charge on any atom is 0.334 e. The molecule has 2 aliphatic heterocycles. The smallest absolute Gasteiger partial charge is 0.334 e. The van der Waals surface area contributed by atoms with Crippen molar-refractivity contribution in [1.29, 1.82) is 0 Å². The SMILES string of the molecule is [C-]#[N+]C1(N2CC[C@H](Nc3nc(NC)c4c(-c5ccc6nc(C)n(CC(F)F)c6n5)c(F)cn4n3)[C@H](F)C2)COC1. The summed E-state index contributed by atoms with van der Waals surface area (Å²) in [6.45, 7) is 9.62. The number of hydrogen-bond acceptors (Lipinski definition) is 8. The molecule has 2 atom stereocenters. The monoisotopic (exact) mass is 558 g/mol. The van der Waals surface area contributed by atoms with Gasteiger partial charge in [0, 0.05) is 20.1 Å². The molecule has 4 aromatic heterocycles. The van der Waals surface area contributed by atoms with Crippen molar-refractivity contribution in [3.8, 4) is 11.3 Å². The summed E-state index contributed by atoms with van der Waals surface area (Å²) in [5.74, 6) is 0.0945. The molecule has 2 aliphatic rings. The zero-order valence-electron chi connectivity index (χ0n) is 21.7. The number of ether oxygens (including phenoxy) is 1. The van der Waals surface area contributed by atoms with E-state index in [4.69, 9.17) is 11.3 Å². The van der Waals surface area contributed by atoms with E-state index in [9.17, 15) is 8.78 Å². The van der Waals surface area contributed by atoms with Crippen LogP contribution in [0.3, 0.4) is 0 Å². The van der Waals surface area contributed by atoms with Crippen molar-refractivity contribution < 1.29 is 22.3 Å². The first-order chi connectivity index (χ1) is 19.2. The number of rotatable bonds is 7. The average molecular weight is 559 g/mol. The van der Waals surface area contributed by atoms with Gasteiger partial charge in [0.2, 0.25) is 5.95 Å². The summed E-state index contributed by atoms with van der Waals surface area (Å²) in [7, 11) is 1.61. The van der Waals surface area contributed by atoms with Crippen molar-refractivity contribution in [2.45, 2.75) is 44.2 Å². The van der Waals surface area contributed by atoms with Gasteiger partial charge in [0.05, 0.1) is 30.0 Å². The fraction of sp³-hybridized carbons (Fsp3) is 0.480. The quantitative estimate of drug-likeness (QED) is 0.263. The van der Waals surface area contributed by atoms with Gasteiger partial charge in [-0.05, 0) is 25.5 Å². The second-order valence-electron chi connectivity index (χ2n) is 9.97.